The van der Waals surface area contributed by atoms with Crippen molar-refractivity contribution in [3.05, 3.63) is 75.9 Å². The Bertz CT molecular complexity index is 958. The van der Waals surface area contributed by atoms with E-state index in [0.717, 1.165) is 50.5 Å². The van der Waals surface area contributed by atoms with Crippen LogP contribution in [0.5, 0.6) is 5.75 Å². The minimum Gasteiger partial charge on any atom is -0.508 e. The number of rotatable bonds is 2. The number of aliphatic hydroxyl groups is 1. The van der Waals surface area contributed by atoms with Crippen molar-refractivity contribution in [2.45, 2.75) is 70.3 Å². The predicted octanol–water partition coefficient (Wildman–Crippen LogP) is 5.38. The number of fused-ring (bicyclic) bond motifs is 4. The van der Waals surface area contributed by atoms with E-state index in [1.165, 1.54) is 16.7 Å². The topological polar surface area (TPSA) is 40.5 Å². The van der Waals surface area contributed by atoms with Crippen molar-refractivity contribution in [1.29, 1.82) is 0 Å². The lowest BCUT2D eigenvalue weighted by molar-refractivity contribution is 0.149. The van der Waals surface area contributed by atoms with Gasteiger partial charge < -0.3 is 10.2 Å². The molecule has 0 saturated heterocycles. The number of hydrogen-bond donors (Lipinski definition) is 2. The van der Waals surface area contributed by atoms with Crippen molar-refractivity contribution in [2.75, 3.05) is 0 Å². The minimum absolute atomic E-state index is 0.0472. The number of aromatic hydroxyl groups is 1. The summed E-state index contributed by atoms with van der Waals surface area (Å²) in [5.41, 5.74) is 8.50. The number of phenolic OH excluding ortho intramolecular Hbond substituents is 1. The van der Waals surface area contributed by atoms with Crippen molar-refractivity contribution < 1.29 is 10.2 Å². The Hall–Kier alpha value is -2.06. The first kappa shape index (κ1) is 18.0. The molecule has 0 amide bonds. The number of aliphatic hydroxyl groups excluding tert-OH is 1. The maximum atomic E-state index is 10.7. The van der Waals surface area contributed by atoms with Crippen molar-refractivity contribution in [3.8, 4) is 5.75 Å². The summed E-state index contributed by atoms with van der Waals surface area (Å²) in [6.07, 6.45) is 6.89. The Labute approximate surface area is 167 Å². The van der Waals surface area contributed by atoms with Gasteiger partial charge in [-0.1, -0.05) is 54.5 Å². The van der Waals surface area contributed by atoms with Gasteiger partial charge in [0.2, 0.25) is 0 Å². The van der Waals surface area contributed by atoms with E-state index in [4.69, 9.17) is 0 Å². The van der Waals surface area contributed by atoms with Crippen molar-refractivity contribution in [3.63, 3.8) is 0 Å². The first-order valence-electron chi connectivity index (χ1n) is 10.7. The third-order valence-corrected chi connectivity index (χ3v) is 8.01. The van der Waals surface area contributed by atoms with Crippen LogP contribution in [-0.2, 0) is 18.3 Å². The smallest absolute Gasteiger partial charge is 0.118 e. The molecular formula is C26H30O2. The van der Waals surface area contributed by atoms with Gasteiger partial charge in [-0.25, -0.2) is 0 Å². The Kier molecular flexibility index (Phi) is 4.00. The lowest BCUT2D eigenvalue weighted by atomic mass is 9.55. The van der Waals surface area contributed by atoms with Gasteiger partial charge in [0.1, 0.15) is 5.75 Å². The Morgan fingerprint density at radius 3 is 2.57 bits per heavy atom. The highest BCUT2D eigenvalue weighted by molar-refractivity contribution is 5.55. The van der Waals surface area contributed by atoms with E-state index < -0.39 is 0 Å². The second-order valence-corrected chi connectivity index (χ2v) is 9.53. The third-order valence-electron chi connectivity index (χ3n) is 8.01. The molecule has 0 aromatic heterocycles. The molecule has 2 aromatic carbocycles. The zero-order valence-corrected chi connectivity index (χ0v) is 17.0. The first-order chi connectivity index (χ1) is 13.4. The molecule has 0 bridgehead atoms. The number of benzene rings is 2. The fraction of sp³-hybridized carbons (Fsp3) is 0.462. The van der Waals surface area contributed by atoms with Crippen LogP contribution >= 0.6 is 0 Å². The van der Waals surface area contributed by atoms with E-state index in [9.17, 15) is 10.2 Å². The Morgan fingerprint density at radius 2 is 1.79 bits per heavy atom. The highest BCUT2D eigenvalue weighted by Gasteiger charge is 2.52. The summed E-state index contributed by atoms with van der Waals surface area (Å²) in [6, 6.07) is 14.8. The third kappa shape index (κ3) is 2.50. The highest BCUT2D eigenvalue weighted by Crippen LogP contribution is 2.61. The lowest BCUT2D eigenvalue weighted by Gasteiger charge is -2.49. The summed E-state index contributed by atoms with van der Waals surface area (Å²) in [5.74, 6) is 0.420. The second kappa shape index (κ2) is 6.22. The second-order valence-electron chi connectivity index (χ2n) is 9.53. The van der Waals surface area contributed by atoms with Gasteiger partial charge in [-0.2, -0.15) is 0 Å². The normalized spacial score (nSPS) is 31.3. The van der Waals surface area contributed by atoms with Crippen molar-refractivity contribution in [1.82, 2.24) is 0 Å². The van der Waals surface area contributed by atoms with Crippen LogP contribution in [0.1, 0.15) is 61.3 Å². The predicted molar refractivity (Wildman–Crippen MR) is 113 cm³/mol. The van der Waals surface area contributed by atoms with Gasteiger partial charge in [0.15, 0.2) is 0 Å². The van der Waals surface area contributed by atoms with E-state index in [1.54, 1.807) is 11.1 Å². The summed E-state index contributed by atoms with van der Waals surface area (Å²) in [7, 11) is 0. The molecule has 146 valence electrons. The molecule has 1 saturated carbocycles. The number of phenols is 1. The van der Waals surface area contributed by atoms with E-state index in [0.29, 0.717) is 5.75 Å². The molecule has 3 aliphatic carbocycles. The van der Waals surface area contributed by atoms with Crippen molar-refractivity contribution in [2.24, 2.45) is 5.41 Å². The molecule has 2 nitrogen and oxygen atoms in total. The monoisotopic (exact) mass is 374 g/mol. The van der Waals surface area contributed by atoms with Gasteiger partial charge in [-0.05, 0) is 85.6 Å². The largest absolute Gasteiger partial charge is 0.508 e. The van der Waals surface area contributed by atoms with Gasteiger partial charge in [-0.15, -0.1) is 0 Å². The molecule has 2 unspecified atom stereocenters. The van der Waals surface area contributed by atoms with Gasteiger partial charge in [-0.3, -0.25) is 0 Å². The number of allylic oxidation sites excluding steroid dienone is 1. The summed E-state index contributed by atoms with van der Waals surface area (Å²) in [5, 5.41) is 20.9. The van der Waals surface area contributed by atoms with E-state index >= 15 is 0 Å². The van der Waals surface area contributed by atoms with Gasteiger partial charge >= 0.3 is 0 Å². The minimum atomic E-state index is -0.212. The molecule has 0 aliphatic heterocycles. The van der Waals surface area contributed by atoms with Crippen LogP contribution < -0.4 is 0 Å². The standard InChI is InChI=1S/C26H30O2/c1-17-20-8-9-22-23-14-19(27)16-26(23,15-18-6-4-3-5-7-18)13-12-25(22,2)21(20)10-11-24(17)28/h3-7,10-11,19,27-28H,8-9,12-16H2,1-2H3/t19-,25?,26?/m1/s1. The summed E-state index contributed by atoms with van der Waals surface area (Å²) in [4.78, 5) is 0. The average molecular weight is 375 g/mol. The Morgan fingerprint density at radius 1 is 1.00 bits per heavy atom. The molecule has 5 rings (SSSR count). The SMILES string of the molecule is Cc1c(O)ccc2c1CCC1=C3C[C@@H](O)CC3(Cc3ccccc3)CCC12C. The van der Waals surface area contributed by atoms with E-state index in [-0.39, 0.29) is 16.9 Å². The zero-order chi connectivity index (χ0) is 19.5. The molecule has 0 spiro atoms. The summed E-state index contributed by atoms with van der Waals surface area (Å²) < 4.78 is 0. The first-order valence-corrected chi connectivity index (χ1v) is 10.7. The highest BCUT2D eigenvalue weighted by atomic mass is 16.3. The average Bonchev–Trinajstić information content (AvgIpc) is 3.01. The van der Waals surface area contributed by atoms with Crippen LogP contribution in [0.3, 0.4) is 0 Å². The van der Waals surface area contributed by atoms with Crippen LogP contribution in [-0.4, -0.2) is 16.3 Å². The molecule has 2 heteroatoms. The molecule has 0 heterocycles. The van der Waals surface area contributed by atoms with Gasteiger partial charge in [0.05, 0.1) is 6.10 Å². The molecule has 3 atom stereocenters. The molecule has 1 fully saturated rings. The fourth-order valence-corrected chi connectivity index (χ4v) is 6.58. The lowest BCUT2D eigenvalue weighted by Crippen LogP contribution is -2.40. The molecule has 2 aromatic rings. The molecular weight excluding hydrogens is 344 g/mol. The van der Waals surface area contributed by atoms with Crippen LogP contribution in [0.4, 0.5) is 0 Å². The van der Waals surface area contributed by atoms with E-state index in [1.807, 2.05) is 6.07 Å². The molecule has 3 aliphatic rings. The maximum absolute atomic E-state index is 10.7. The summed E-state index contributed by atoms with van der Waals surface area (Å²) >= 11 is 0. The molecule has 2 N–H and O–H groups in total. The van der Waals surface area contributed by atoms with E-state index in [2.05, 4.69) is 50.2 Å². The van der Waals surface area contributed by atoms with Gasteiger partial charge in [0.25, 0.3) is 0 Å². The maximum Gasteiger partial charge on any atom is 0.118 e. The quantitative estimate of drug-likeness (QED) is 0.693. The van der Waals surface area contributed by atoms with Gasteiger partial charge in [0, 0.05) is 5.41 Å². The zero-order valence-electron chi connectivity index (χ0n) is 17.0. The molecule has 0 radical (unpaired) electrons. The number of hydrogen-bond acceptors (Lipinski definition) is 2. The van der Waals surface area contributed by atoms with Crippen LogP contribution in [0.2, 0.25) is 0 Å². The molecule has 28 heavy (non-hydrogen) atoms. The van der Waals surface area contributed by atoms with Crippen molar-refractivity contribution >= 4 is 0 Å². The Balaban J connectivity index is 1.64. The van der Waals surface area contributed by atoms with Crippen LogP contribution in [0.15, 0.2) is 53.6 Å². The fourth-order valence-electron chi connectivity index (χ4n) is 6.58. The summed E-state index contributed by atoms with van der Waals surface area (Å²) in [6.45, 7) is 4.46. The van der Waals surface area contributed by atoms with Crippen LogP contribution in [0.25, 0.3) is 0 Å². The van der Waals surface area contributed by atoms with Crippen LogP contribution in [0, 0.1) is 12.3 Å².